The third-order valence-electron chi connectivity index (χ3n) is 4.11. The maximum Gasteiger partial charge on any atom is 0.329 e. The fourth-order valence-corrected chi connectivity index (χ4v) is 3.78. The average Bonchev–Trinajstić information content (AvgIpc) is 2.60. The number of thioether (sulfide) groups is 1. The molecule has 6 nitrogen and oxygen atoms in total. The number of hydrogen-bond donors (Lipinski definition) is 2. The van der Waals surface area contributed by atoms with E-state index in [9.17, 15) is 14.7 Å². The predicted octanol–water partition coefficient (Wildman–Crippen LogP) is 2.81. The quantitative estimate of drug-likeness (QED) is 0.771. The molecule has 0 saturated carbocycles. The van der Waals surface area contributed by atoms with Gasteiger partial charge < -0.3 is 19.9 Å². The summed E-state index contributed by atoms with van der Waals surface area (Å²) in [6.07, 6.45) is 0.844. The maximum atomic E-state index is 12.6. The van der Waals surface area contributed by atoms with Crippen LogP contribution < -0.4 is 14.8 Å². The van der Waals surface area contributed by atoms with Crippen molar-refractivity contribution in [2.24, 2.45) is 5.92 Å². The standard InChI is InChI=1S/C18H25NO5S/c1-12(2)11-24-14-5-4-13(10-15(14)23-3)16(20)19-18(17(21)22)6-8-25-9-7-18/h4-5,10,12H,6-9,11H2,1-3H3,(H,19,20)(H,21,22). The lowest BCUT2D eigenvalue weighted by molar-refractivity contribution is -0.144. The second-order valence-corrected chi connectivity index (χ2v) is 7.75. The van der Waals surface area contributed by atoms with Crippen molar-refractivity contribution in [2.45, 2.75) is 32.2 Å². The predicted molar refractivity (Wildman–Crippen MR) is 97.7 cm³/mol. The van der Waals surface area contributed by atoms with Gasteiger partial charge in [-0.25, -0.2) is 4.79 Å². The summed E-state index contributed by atoms with van der Waals surface area (Å²) in [5, 5.41) is 12.3. The largest absolute Gasteiger partial charge is 0.493 e. The Balaban J connectivity index is 2.16. The number of amides is 1. The van der Waals surface area contributed by atoms with Crippen LogP contribution in [-0.4, -0.2) is 47.7 Å². The Bertz CT molecular complexity index is 626. The number of nitrogens with one attached hydrogen (secondary N) is 1. The zero-order valence-electron chi connectivity index (χ0n) is 14.8. The lowest BCUT2D eigenvalue weighted by atomic mass is 9.92. The minimum Gasteiger partial charge on any atom is -0.493 e. The highest BCUT2D eigenvalue weighted by Gasteiger charge is 2.41. The van der Waals surface area contributed by atoms with Gasteiger partial charge in [-0.2, -0.15) is 11.8 Å². The van der Waals surface area contributed by atoms with E-state index in [0.29, 0.717) is 42.4 Å². The summed E-state index contributed by atoms with van der Waals surface area (Å²) in [5.74, 6) is 1.43. The van der Waals surface area contributed by atoms with Crippen LogP contribution in [0.3, 0.4) is 0 Å². The normalized spacial score (nSPS) is 16.3. The fourth-order valence-electron chi connectivity index (χ4n) is 2.59. The van der Waals surface area contributed by atoms with E-state index in [1.54, 1.807) is 30.0 Å². The zero-order valence-corrected chi connectivity index (χ0v) is 15.6. The zero-order chi connectivity index (χ0) is 18.4. The summed E-state index contributed by atoms with van der Waals surface area (Å²) in [4.78, 5) is 24.3. The van der Waals surface area contributed by atoms with Crippen LogP contribution in [0.15, 0.2) is 18.2 Å². The summed E-state index contributed by atoms with van der Waals surface area (Å²) in [6.45, 7) is 4.63. The van der Waals surface area contributed by atoms with E-state index in [-0.39, 0.29) is 0 Å². The Hall–Kier alpha value is -1.89. The number of carbonyl (C=O) groups is 2. The molecule has 1 fully saturated rings. The molecule has 1 amide bonds. The molecule has 25 heavy (non-hydrogen) atoms. The van der Waals surface area contributed by atoms with E-state index < -0.39 is 17.4 Å². The first-order chi connectivity index (χ1) is 11.9. The second kappa shape index (κ2) is 8.47. The Morgan fingerprint density at radius 1 is 1.28 bits per heavy atom. The van der Waals surface area contributed by atoms with Gasteiger partial charge in [0, 0.05) is 5.56 Å². The average molecular weight is 367 g/mol. The van der Waals surface area contributed by atoms with Crippen LogP contribution in [0.5, 0.6) is 11.5 Å². The highest BCUT2D eigenvalue weighted by molar-refractivity contribution is 7.99. The van der Waals surface area contributed by atoms with Gasteiger partial charge in [-0.3, -0.25) is 4.79 Å². The highest BCUT2D eigenvalue weighted by atomic mass is 32.2. The summed E-state index contributed by atoms with van der Waals surface area (Å²) >= 11 is 1.70. The van der Waals surface area contributed by atoms with E-state index in [1.807, 2.05) is 13.8 Å². The SMILES string of the molecule is COc1cc(C(=O)NC2(C(=O)O)CCSCC2)ccc1OCC(C)C. The Kier molecular flexibility index (Phi) is 6.58. The lowest BCUT2D eigenvalue weighted by Gasteiger charge is -2.33. The summed E-state index contributed by atoms with van der Waals surface area (Å²) < 4.78 is 11.0. The van der Waals surface area contributed by atoms with Crippen LogP contribution in [0.25, 0.3) is 0 Å². The van der Waals surface area contributed by atoms with Gasteiger partial charge in [0.25, 0.3) is 5.91 Å². The first-order valence-corrected chi connectivity index (χ1v) is 9.48. The number of methoxy groups -OCH3 is 1. The van der Waals surface area contributed by atoms with E-state index in [2.05, 4.69) is 5.32 Å². The van der Waals surface area contributed by atoms with Crippen LogP contribution in [-0.2, 0) is 4.79 Å². The van der Waals surface area contributed by atoms with Crippen molar-refractivity contribution in [2.75, 3.05) is 25.2 Å². The molecule has 1 aromatic rings. The van der Waals surface area contributed by atoms with Crippen LogP contribution in [0, 0.1) is 5.92 Å². The monoisotopic (exact) mass is 367 g/mol. The molecule has 0 radical (unpaired) electrons. The Labute approximate surface area is 152 Å². The van der Waals surface area contributed by atoms with Crippen molar-refractivity contribution in [3.8, 4) is 11.5 Å². The van der Waals surface area contributed by atoms with Gasteiger partial charge in [0.05, 0.1) is 13.7 Å². The van der Waals surface area contributed by atoms with Gasteiger partial charge in [-0.15, -0.1) is 0 Å². The topological polar surface area (TPSA) is 84.9 Å². The molecule has 1 heterocycles. The molecule has 1 aliphatic heterocycles. The van der Waals surface area contributed by atoms with Gasteiger partial charge in [-0.1, -0.05) is 13.8 Å². The number of carboxylic acid groups (broad SMARTS) is 1. The number of ether oxygens (including phenoxy) is 2. The number of hydrogen-bond acceptors (Lipinski definition) is 5. The van der Waals surface area contributed by atoms with Gasteiger partial charge in [0.2, 0.25) is 0 Å². The summed E-state index contributed by atoms with van der Waals surface area (Å²) in [7, 11) is 1.51. The van der Waals surface area contributed by atoms with Gasteiger partial charge >= 0.3 is 5.97 Å². The van der Waals surface area contributed by atoms with Crippen molar-refractivity contribution >= 4 is 23.6 Å². The Morgan fingerprint density at radius 2 is 1.96 bits per heavy atom. The Morgan fingerprint density at radius 3 is 2.52 bits per heavy atom. The molecule has 1 aliphatic rings. The van der Waals surface area contributed by atoms with Crippen molar-refractivity contribution in [1.82, 2.24) is 5.32 Å². The molecule has 138 valence electrons. The molecule has 0 unspecified atom stereocenters. The fraction of sp³-hybridized carbons (Fsp3) is 0.556. The molecular formula is C18H25NO5S. The molecule has 7 heteroatoms. The van der Waals surface area contributed by atoms with Gasteiger partial charge in [0.15, 0.2) is 11.5 Å². The van der Waals surface area contributed by atoms with Crippen LogP contribution in [0.2, 0.25) is 0 Å². The number of benzene rings is 1. The van der Waals surface area contributed by atoms with Crippen molar-refractivity contribution in [3.05, 3.63) is 23.8 Å². The molecular weight excluding hydrogens is 342 g/mol. The molecule has 1 aromatic carbocycles. The third-order valence-corrected chi connectivity index (χ3v) is 5.09. The van der Waals surface area contributed by atoms with Crippen molar-refractivity contribution in [3.63, 3.8) is 0 Å². The minimum atomic E-state index is -1.19. The second-order valence-electron chi connectivity index (χ2n) is 6.52. The molecule has 0 aromatic heterocycles. The van der Waals surface area contributed by atoms with Crippen LogP contribution in [0.4, 0.5) is 0 Å². The van der Waals surface area contributed by atoms with E-state index in [1.165, 1.54) is 7.11 Å². The molecule has 1 saturated heterocycles. The van der Waals surface area contributed by atoms with E-state index in [4.69, 9.17) is 9.47 Å². The van der Waals surface area contributed by atoms with Crippen LogP contribution in [0.1, 0.15) is 37.0 Å². The van der Waals surface area contributed by atoms with Gasteiger partial charge in [-0.05, 0) is 48.5 Å². The summed E-state index contributed by atoms with van der Waals surface area (Å²) in [6, 6.07) is 4.89. The minimum absolute atomic E-state index is 0.354. The van der Waals surface area contributed by atoms with Crippen LogP contribution >= 0.6 is 11.8 Å². The first-order valence-electron chi connectivity index (χ1n) is 8.32. The van der Waals surface area contributed by atoms with Crippen molar-refractivity contribution in [1.29, 1.82) is 0 Å². The molecule has 0 bridgehead atoms. The third kappa shape index (κ3) is 4.81. The highest BCUT2D eigenvalue weighted by Crippen LogP contribution is 2.30. The number of rotatable bonds is 7. The van der Waals surface area contributed by atoms with Gasteiger partial charge in [0.1, 0.15) is 5.54 Å². The molecule has 2 rings (SSSR count). The smallest absolute Gasteiger partial charge is 0.329 e. The first kappa shape index (κ1) is 19.4. The van der Waals surface area contributed by atoms with Crippen molar-refractivity contribution < 1.29 is 24.2 Å². The van der Waals surface area contributed by atoms with E-state index in [0.717, 1.165) is 11.5 Å². The number of carboxylic acids is 1. The lowest BCUT2D eigenvalue weighted by Crippen LogP contribution is -2.56. The molecule has 0 spiro atoms. The molecule has 2 N–H and O–H groups in total. The number of carbonyl (C=O) groups excluding carboxylic acids is 1. The molecule has 0 aliphatic carbocycles. The summed E-state index contributed by atoms with van der Waals surface area (Å²) in [5.41, 5.74) is -0.838. The molecule has 0 atom stereocenters. The van der Waals surface area contributed by atoms with E-state index >= 15 is 0 Å². The maximum absolute atomic E-state index is 12.6. The number of aliphatic carboxylic acids is 1.